The molecule has 4 heteroatoms. The van der Waals surface area contributed by atoms with Crippen molar-refractivity contribution in [2.24, 2.45) is 0 Å². The van der Waals surface area contributed by atoms with Crippen LogP contribution >= 0.6 is 34.8 Å². The number of rotatable bonds is 1. The minimum Gasteiger partial charge on any atom is -0.385 e. The van der Waals surface area contributed by atoms with E-state index in [1.54, 1.807) is 13.0 Å². The Morgan fingerprint density at radius 2 is 1.89 bits per heavy atom. The summed E-state index contributed by atoms with van der Waals surface area (Å²) in [6.45, 7) is 1.74. The van der Waals surface area contributed by atoms with Crippen molar-refractivity contribution in [3.05, 3.63) is 12.2 Å². The highest BCUT2D eigenvalue weighted by Crippen LogP contribution is 2.30. The van der Waals surface area contributed by atoms with Gasteiger partial charge in [-0.25, -0.2) is 0 Å². The standard InChI is InChI=1S/C5H7Cl3O/c1-2-3-4(9)5(6,7)8/h2-4,9H,1H3. The van der Waals surface area contributed by atoms with Gasteiger partial charge in [0.15, 0.2) is 0 Å². The second-order valence-corrected chi connectivity index (χ2v) is 3.88. The summed E-state index contributed by atoms with van der Waals surface area (Å²) in [6, 6.07) is 0. The number of hydrogen-bond acceptors (Lipinski definition) is 1. The smallest absolute Gasteiger partial charge is 0.219 e. The summed E-state index contributed by atoms with van der Waals surface area (Å²) in [5.41, 5.74) is 0. The molecule has 0 aromatic heterocycles. The van der Waals surface area contributed by atoms with Gasteiger partial charge in [0.1, 0.15) is 6.10 Å². The van der Waals surface area contributed by atoms with Crippen molar-refractivity contribution in [3.63, 3.8) is 0 Å². The van der Waals surface area contributed by atoms with Crippen LogP contribution in [0.1, 0.15) is 6.92 Å². The Kier molecular flexibility index (Phi) is 3.90. The molecule has 0 aliphatic heterocycles. The summed E-state index contributed by atoms with van der Waals surface area (Å²) in [7, 11) is 0. The summed E-state index contributed by atoms with van der Waals surface area (Å²) in [6.07, 6.45) is 2.01. The average molecular weight is 189 g/mol. The second-order valence-electron chi connectivity index (χ2n) is 1.51. The van der Waals surface area contributed by atoms with Crippen molar-refractivity contribution >= 4 is 34.8 Å². The fraction of sp³-hybridized carbons (Fsp3) is 0.600. The molecule has 0 rings (SSSR count). The molecule has 0 saturated carbocycles. The fourth-order valence-corrected chi connectivity index (χ4v) is 0.510. The van der Waals surface area contributed by atoms with Crippen LogP contribution < -0.4 is 0 Å². The quantitative estimate of drug-likeness (QED) is 0.496. The van der Waals surface area contributed by atoms with Gasteiger partial charge in [-0.15, -0.1) is 0 Å². The topological polar surface area (TPSA) is 20.2 Å². The highest BCUT2D eigenvalue weighted by Gasteiger charge is 2.27. The molecule has 1 atom stereocenters. The van der Waals surface area contributed by atoms with E-state index in [2.05, 4.69) is 0 Å². The zero-order chi connectivity index (χ0) is 7.49. The molecule has 0 aromatic carbocycles. The maximum absolute atomic E-state index is 8.90. The lowest BCUT2D eigenvalue weighted by Gasteiger charge is -2.13. The third-order valence-corrected chi connectivity index (χ3v) is 1.38. The van der Waals surface area contributed by atoms with Crippen LogP contribution in [0.5, 0.6) is 0 Å². The maximum Gasteiger partial charge on any atom is 0.219 e. The van der Waals surface area contributed by atoms with E-state index in [0.717, 1.165) is 0 Å². The van der Waals surface area contributed by atoms with Gasteiger partial charge in [-0.2, -0.15) is 0 Å². The predicted octanol–water partition coefficient (Wildman–Crippen LogP) is 2.29. The second kappa shape index (κ2) is 3.67. The summed E-state index contributed by atoms with van der Waals surface area (Å²) in [5.74, 6) is 0. The number of aliphatic hydroxyl groups excluding tert-OH is 1. The van der Waals surface area contributed by atoms with E-state index in [9.17, 15) is 0 Å². The van der Waals surface area contributed by atoms with Gasteiger partial charge in [0.25, 0.3) is 0 Å². The fourth-order valence-electron chi connectivity index (χ4n) is 0.291. The van der Waals surface area contributed by atoms with E-state index in [0.29, 0.717) is 0 Å². The van der Waals surface area contributed by atoms with Crippen LogP contribution in [-0.2, 0) is 0 Å². The first-order valence-electron chi connectivity index (χ1n) is 2.36. The van der Waals surface area contributed by atoms with Crippen molar-refractivity contribution < 1.29 is 5.11 Å². The molecular weight excluding hydrogens is 182 g/mol. The zero-order valence-electron chi connectivity index (χ0n) is 4.81. The van der Waals surface area contributed by atoms with Gasteiger partial charge in [-0.05, 0) is 6.92 Å². The molecule has 1 N–H and O–H groups in total. The molecule has 54 valence electrons. The van der Waals surface area contributed by atoms with Crippen LogP contribution in [-0.4, -0.2) is 15.0 Å². The molecule has 0 heterocycles. The van der Waals surface area contributed by atoms with Gasteiger partial charge in [0, 0.05) is 0 Å². The van der Waals surface area contributed by atoms with Crippen molar-refractivity contribution in [2.45, 2.75) is 16.8 Å². The SMILES string of the molecule is CC=CC(O)C(Cl)(Cl)Cl. The Labute approximate surface area is 69.2 Å². The van der Waals surface area contributed by atoms with Crippen LogP contribution in [0.25, 0.3) is 0 Å². The Hall–Kier alpha value is 0.570. The molecule has 1 unspecified atom stereocenters. The largest absolute Gasteiger partial charge is 0.385 e. The summed E-state index contributed by atoms with van der Waals surface area (Å²) in [4.78, 5) is 0. The highest BCUT2D eigenvalue weighted by molar-refractivity contribution is 6.68. The van der Waals surface area contributed by atoms with Gasteiger partial charge in [0.05, 0.1) is 0 Å². The normalized spacial score (nSPS) is 16.6. The number of aliphatic hydroxyl groups is 1. The van der Waals surface area contributed by atoms with E-state index in [1.165, 1.54) is 6.08 Å². The van der Waals surface area contributed by atoms with Gasteiger partial charge < -0.3 is 5.11 Å². The minimum atomic E-state index is -1.60. The number of hydrogen-bond donors (Lipinski definition) is 1. The lowest BCUT2D eigenvalue weighted by molar-refractivity contribution is 0.227. The summed E-state index contributed by atoms with van der Waals surface area (Å²) < 4.78 is -1.60. The van der Waals surface area contributed by atoms with Gasteiger partial charge in [0.2, 0.25) is 3.79 Å². The molecule has 0 aromatic rings. The first kappa shape index (κ1) is 9.57. The molecule has 9 heavy (non-hydrogen) atoms. The van der Waals surface area contributed by atoms with Crippen LogP contribution in [0.2, 0.25) is 0 Å². The lowest BCUT2D eigenvalue weighted by atomic mass is 10.3. The van der Waals surface area contributed by atoms with E-state index in [1.807, 2.05) is 0 Å². The Morgan fingerprint density at radius 3 is 2.00 bits per heavy atom. The minimum absolute atomic E-state index is 1.02. The van der Waals surface area contributed by atoms with Crippen LogP contribution in [0.4, 0.5) is 0 Å². The third-order valence-electron chi connectivity index (χ3n) is 0.710. The molecule has 0 amide bonds. The van der Waals surface area contributed by atoms with E-state index >= 15 is 0 Å². The molecule has 0 radical (unpaired) electrons. The van der Waals surface area contributed by atoms with Crippen molar-refractivity contribution in [2.75, 3.05) is 0 Å². The van der Waals surface area contributed by atoms with Crippen molar-refractivity contribution in [1.29, 1.82) is 0 Å². The molecule has 0 fully saturated rings. The Morgan fingerprint density at radius 1 is 1.44 bits per heavy atom. The molecule has 0 spiro atoms. The first-order valence-corrected chi connectivity index (χ1v) is 3.49. The highest BCUT2D eigenvalue weighted by atomic mass is 35.6. The molecule has 0 aliphatic rings. The lowest BCUT2D eigenvalue weighted by Crippen LogP contribution is -2.22. The molecule has 0 saturated heterocycles. The van der Waals surface area contributed by atoms with E-state index in [-0.39, 0.29) is 0 Å². The maximum atomic E-state index is 8.90. The van der Waals surface area contributed by atoms with E-state index < -0.39 is 9.90 Å². The zero-order valence-corrected chi connectivity index (χ0v) is 7.08. The van der Waals surface area contributed by atoms with Gasteiger partial charge in [-0.3, -0.25) is 0 Å². The number of halogens is 3. The predicted molar refractivity (Wildman–Crippen MR) is 41.1 cm³/mol. The molecule has 0 bridgehead atoms. The van der Waals surface area contributed by atoms with Gasteiger partial charge in [-0.1, -0.05) is 47.0 Å². The van der Waals surface area contributed by atoms with Crippen LogP contribution in [0, 0.1) is 0 Å². The molecule has 0 aliphatic carbocycles. The Bertz CT molecular complexity index is 105. The van der Waals surface area contributed by atoms with Crippen molar-refractivity contribution in [3.8, 4) is 0 Å². The monoisotopic (exact) mass is 188 g/mol. The number of allylic oxidation sites excluding steroid dienone is 1. The first-order chi connectivity index (χ1) is 3.98. The molecular formula is C5H7Cl3O. The van der Waals surface area contributed by atoms with Crippen LogP contribution in [0.15, 0.2) is 12.2 Å². The molecule has 1 nitrogen and oxygen atoms in total. The van der Waals surface area contributed by atoms with Gasteiger partial charge >= 0.3 is 0 Å². The van der Waals surface area contributed by atoms with Crippen LogP contribution in [0.3, 0.4) is 0 Å². The third kappa shape index (κ3) is 4.04. The number of alkyl halides is 3. The summed E-state index contributed by atoms with van der Waals surface area (Å²) in [5, 5.41) is 8.90. The summed E-state index contributed by atoms with van der Waals surface area (Å²) >= 11 is 15.9. The van der Waals surface area contributed by atoms with E-state index in [4.69, 9.17) is 39.9 Å². The average Bonchev–Trinajstić information content (AvgIpc) is 1.64. The Balaban J connectivity index is 3.88. The van der Waals surface area contributed by atoms with Crippen molar-refractivity contribution in [1.82, 2.24) is 0 Å².